The molecule has 4 N–H and O–H groups in total. The van der Waals surface area contributed by atoms with Crippen LogP contribution in [0.4, 0.5) is 0 Å². The standard InChI is InChI=1S/C12H25N3/c1-9-6-10(4-5-14-9)11-2-3-12(7-13)15-8-11/h9-12,14-15H,2-8,13H2,1H3. The molecular formula is C12H25N3. The van der Waals surface area contributed by atoms with E-state index in [1.54, 1.807) is 0 Å². The maximum absolute atomic E-state index is 5.68. The van der Waals surface area contributed by atoms with E-state index in [0.717, 1.165) is 24.4 Å². The molecule has 0 bridgehead atoms. The Labute approximate surface area is 93.2 Å². The van der Waals surface area contributed by atoms with Gasteiger partial charge in [-0.15, -0.1) is 0 Å². The molecule has 3 nitrogen and oxygen atoms in total. The van der Waals surface area contributed by atoms with Gasteiger partial charge in [-0.05, 0) is 57.5 Å². The van der Waals surface area contributed by atoms with Gasteiger partial charge in [0.2, 0.25) is 0 Å². The first-order valence-corrected chi connectivity index (χ1v) is 6.46. The topological polar surface area (TPSA) is 50.1 Å². The Kier molecular flexibility index (Phi) is 4.00. The number of hydrogen-bond acceptors (Lipinski definition) is 3. The fraction of sp³-hybridized carbons (Fsp3) is 1.00. The molecule has 3 heteroatoms. The molecule has 2 rings (SSSR count). The van der Waals surface area contributed by atoms with Crippen LogP contribution in [0.2, 0.25) is 0 Å². The zero-order chi connectivity index (χ0) is 10.7. The van der Waals surface area contributed by atoms with Crippen LogP contribution in [0.3, 0.4) is 0 Å². The van der Waals surface area contributed by atoms with Crippen LogP contribution in [0.5, 0.6) is 0 Å². The molecule has 4 atom stereocenters. The molecule has 2 aliphatic rings. The average molecular weight is 211 g/mol. The summed E-state index contributed by atoms with van der Waals surface area (Å²) in [6.07, 6.45) is 5.38. The third-order valence-electron chi connectivity index (χ3n) is 4.17. The smallest absolute Gasteiger partial charge is 0.0190 e. The molecule has 88 valence electrons. The Hall–Kier alpha value is -0.120. The summed E-state index contributed by atoms with van der Waals surface area (Å²) in [5.41, 5.74) is 5.68. The van der Waals surface area contributed by atoms with Crippen LogP contribution >= 0.6 is 0 Å². The molecule has 2 saturated heterocycles. The van der Waals surface area contributed by atoms with E-state index in [0.29, 0.717) is 6.04 Å². The Morgan fingerprint density at radius 2 is 2.00 bits per heavy atom. The highest BCUT2D eigenvalue weighted by Crippen LogP contribution is 2.29. The van der Waals surface area contributed by atoms with Crippen LogP contribution < -0.4 is 16.4 Å². The van der Waals surface area contributed by atoms with Crippen LogP contribution in [0, 0.1) is 11.8 Å². The van der Waals surface area contributed by atoms with Gasteiger partial charge in [0, 0.05) is 18.6 Å². The van der Waals surface area contributed by atoms with Crippen molar-refractivity contribution in [3.63, 3.8) is 0 Å². The highest BCUT2D eigenvalue weighted by Gasteiger charge is 2.29. The minimum absolute atomic E-state index is 0.584. The van der Waals surface area contributed by atoms with Gasteiger partial charge < -0.3 is 16.4 Å². The molecule has 0 amide bonds. The molecule has 2 fully saturated rings. The molecule has 0 spiro atoms. The fourth-order valence-electron chi connectivity index (χ4n) is 3.14. The van der Waals surface area contributed by atoms with Crippen LogP contribution in [0.1, 0.15) is 32.6 Å². The van der Waals surface area contributed by atoms with Crippen LogP contribution in [-0.2, 0) is 0 Å². The van der Waals surface area contributed by atoms with Gasteiger partial charge in [-0.1, -0.05) is 0 Å². The Morgan fingerprint density at radius 1 is 1.13 bits per heavy atom. The number of hydrogen-bond donors (Lipinski definition) is 3. The van der Waals surface area contributed by atoms with Crippen LogP contribution in [0.15, 0.2) is 0 Å². The van der Waals surface area contributed by atoms with Gasteiger partial charge >= 0.3 is 0 Å². The van der Waals surface area contributed by atoms with E-state index in [9.17, 15) is 0 Å². The normalized spacial score (nSPS) is 42.8. The lowest BCUT2D eigenvalue weighted by atomic mass is 9.77. The van der Waals surface area contributed by atoms with E-state index in [-0.39, 0.29) is 0 Å². The third-order valence-corrected chi connectivity index (χ3v) is 4.17. The first-order valence-electron chi connectivity index (χ1n) is 6.46. The third kappa shape index (κ3) is 2.92. The second kappa shape index (κ2) is 5.28. The van der Waals surface area contributed by atoms with Gasteiger partial charge in [0.05, 0.1) is 0 Å². The summed E-state index contributed by atoms with van der Waals surface area (Å²) >= 11 is 0. The van der Waals surface area contributed by atoms with E-state index in [4.69, 9.17) is 5.73 Å². The van der Waals surface area contributed by atoms with E-state index < -0.39 is 0 Å². The van der Waals surface area contributed by atoms with Crippen molar-refractivity contribution in [3.8, 4) is 0 Å². The molecule has 2 aliphatic heterocycles. The Morgan fingerprint density at radius 3 is 2.60 bits per heavy atom. The lowest BCUT2D eigenvalue weighted by Crippen LogP contribution is -2.47. The summed E-state index contributed by atoms with van der Waals surface area (Å²) in [5, 5.41) is 7.12. The monoisotopic (exact) mass is 211 g/mol. The second-order valence-corrected chi connectivity index (χ2v) is 5.32. The highest BCUT2D eigenvalue weighted by molar-refractivity contribution is 4.86. The zero-order valence-corrected chi connectivity index (χ0v) is 9.84. The number of nitrogens with two attached hydrogens (primary N) is 1. The summed E-state index contributed by atoms with van der Waals surface area (Å²) in [5.74, 6) is 1.84. The molecule has 0 aromatic heterocycles. The number of piperidine rings is 2. The molecular weight excluding hydrogens is 186 g/mol. The maximum atomic E-state index is 5.68. The molecule has 0 aromatic rings. The van der Waals surface area contributed by atoms with E-state index in [2.05, 4.69) is 17.6 Å². The predicted molar refractivity (Wildman–Crippen MR) is 63.8 cm³/mol. The number of nitrogens with one attached hydrogen (secondary N) is 2. The quantitative estimate of drug-likeness (QED) is 0.630. The lowest BCUT2D eigenvalue weighted by Gasteiger charge is -2.38. The Bertz CT molecular complexity index is 187. The van der Waals surface area contributed by atoms with E-state index in [1.165, 1.54) is 38.8 Å². The van der Waals surface area contributed by atoms with Crippen molar-refractivity contribution in [3.05, 3.63) is 0 Å². The van der Waals surface area contributed by atoms with Crippen molar-refractivity contribution >= 4 is 0 Å². The maximum Gasteiger partial charge on any atom is 0.0190 e. The van der Waals surface area contributed by atoms with Crippen LogP contribution in [0.25, 0.3) is 0 Å². The van der Waals surface area contributed by atoms with Crippen molar-refractivity contribution < 1.29 is 0 Å². The summed E-state index contributed by atoms with van der Waals surface area (Å²) in [6, 6.07) is 1.30. The average Bonchev–Trinajstić information content (AvgIpc) is 2.29. The predicted octanol–water partition coefficient (Wildman–Crippen LogP) is 0.701. The lowest BCUT2D eigenvalue weighted by molar-refractivity contribution is 0.177. The zero-order valence-electron chi connectivity index (χ0n) is 9.84. The first-order chi connectivity index (χ1) is 7.29. The Balaban J connectivity index is 1.79. The molecule has 2 heterocycles. The SMILES string of the molecule is CC1CC(C2CCC(CN)NC2)CCN1. The van der Waals surface area contributed by atoms with Crippen molar-refractivity contribution in [2.75, 3.05) is 19.6 Å². The number of rotatable bonds is 2. The second-order valence-electron chi connectivity index (χ2n) is 5.32. The van der Waals surface area contributed by atoms with E-state index in [1.807, 2.05) is 0 Å². The minimum Gasteiger partial charge on any atom is -0.329 e. The largest absolute Gasteiger partial charge is 0.329 e. The molecule has 0 aliphatic carbocycles. The van der Waals surface area contributed by atoms with Crippen molar-refractivity contribution in [2.24, 2.45) is 17.6 Å². The van der Waals surface area contributed by atoms with Crippen molar-refractivity contribution in [1.29, 1.82) is 0 Å². The fourth-order valence-corrected chi connectivity index (χ4v) is 3.14. The summed E-state index contributed by atoms with van der Waals surface area (Å²) < 4.78 is 0. The van der Waals surface area contributed by atoms with Crippen LogP contribution in [-0.4, -0.2) is 31.7 Å². The first kappa shape index (κ1) is 11.4. The molecule has 15 heavy (non-hydrogen) atoms. The van der Waals surface area contributed by atoms with Gasteiger partial charge in [0.1, 0.15) is 0 Å². The molecule has 0 radical (unpaired) electrons. The van der Waals surface area contributed by atoms with Crippen molar-refractivity contribution in [2.45, 2.75) is 44.7 Å². The highest BCUT2D eigenvalue weighted by atomic mass is 15.0. The summed E-state index contributed by atoms with van der Waals surface area (Å²) in [4.78, 5) is 0. The van der Waals surface area contributed by atoms with Gasteiger partial charge in [0.25, 0.3) is 0 Å². The van der Waals surface area contributed by atoms with Gasteiger partial charge in [-0.3, -0.25) is 0 Å². The van der Waals surface area contributed by atoms with Gasteiger partial charge in [0.15, 0.2) is 0 Å². The van der Waals surface area contributed by atoms with Gasteiger partial charge in [-0.25, -0.2) is 0 Å². The van der Waals surface area contributed by atoms with E-state index >= 15 is 0 Å². The summed E-state index contributed by atoms with van der Waals surface area (Å²) in [6.45, 7) is 5.52. The molecule has 0 aromatic carbocycles. The summed E-state index contributed by atoms with van der Waals surface area (Å²) in [7, 11) is 0. The molecule has 4 unspecified atom stereocenters. The van der Waals surface area contributed by atoms with Gasteiger partial charge in [-0.2, -0.15) is 0 Å². The minimum atomic E-state index is 0.584. The van der Waals surface area contributed by atoms with Crippen molar-refractivity contribution in [1.82, 2.24) is 10.6 Å². The molecule has 0 saturated carbocycles.